The first-order valence-corrected chi connectivity index (χ1v) is 15.6. The lowest BCUT2D eigenvalue weighted by molar-refractivity contribution is -0.176. The Labute approximate surface area is 255 Å². The molecule has 3 N–H and O–H groups in total. The highest BCUT2D eigenvalue weighted by molar-refractivity contribution is 7.90. The summed E-state index contributed by atoms with van der Waals surface area (Å²) < 4.78 is 115. The summed E-state index contributed by atoms with van der Waals surface area (Å²) in [6.45, 7) is -0.408. The van der Waals surface area contributed by atoms with Gasteiger partial charge in [-0.05, 0) is 74.4 Å². The fraction of sp³-hybridized carbons (Fsp3) is 0.483. The summed E-state index contributed by atoms with van der Waals surface area (Å²) in [4.78, 5) is 39.6. The molecule has 2 aliphatic rings. The molecule has 2 amide bonds. The predicted octanol–water partition coefficient (Wildman–Crippen LogP) is 4.71. The van der Waals surface area contributed by atoms with Gasteiger partial charge in [0.05, 0.1) is 21.9 Å². The molecule has 0 spiro atoms. The van der Waals surface area contributed by atoms with Crippen molar-refractivity contribution >= 4 is 27.8 Å². The number of ether oxygens (including phenoxy) is 1. The maximum absolute atomic E-state index is 13.7. The van der Waals surface area contributed by atoms with Gasteiger partial charge in [-0.3, -0.25) is 19.3 Å². The third-order valence-corrected chi connectivity index (χ3v) is 9.46. The zero-order chi connectivity index (χ0) is 33.2. The Balaban J connectivity index is 1.65. The molecule has 16 heteroatoms. The molecule has 2 aromatic carbocycles. The van der Waals surface area contributed by atoms with Gasteiger partial charge in [-0.2, -0.15) is 26.3 Å². The van der Waals surface area contributed by atoms with Crippen LogP contribution >= 0.6 is 0 Å². The van der Waals surface area contributed by atoms with Gasteiger partial charge in [0.15, 0.2) is 5.60 Å². The van der Waals surface area contributed by atoms with E-state index in [0.717, 1.165) is 18.6 Å². The molecule has 1 heterocycles. The van der Waals surface area contributed by atoms with Crippen LogP contribution in [-0.2, 0) is 41.5 Å². The van der Waals surface area contributed by atoms with Gasteiger partial charge in [0.2, 0.25) is 0 Å². The number of esters is 1. The molecule has 246 valence electrons. The second kappa shape index (κ2) is 13.0. The molecule has 1 saturated heterocycles. The van der Waals surface area contributed by atoms with Gasteiger partial charge in [-0.1, -0.05) is 24.6 Å². The summed E-state index contributed by atoms with van der Waals surface area (Å²) in [5.41, 5.74) is -0.0315. The lowest BCUT2D eigenvalue weighted by atomic mass is 9.83. The van der Waals surface area contributed by atoms with E-state index >= 15 is 0 Å². The first kappa shape index (κ1) is 34.2. The van der Waals surface area contributed by atoms with Crippen molar-refractivity contribution in [1.29, 1.82) is 0 Å². The van der Waals surface area contributed by atoms with Crippen LogP contribution in [-0.4, -0.2) is 49.8 Å². The van der Waals surface area contributed by atoms with Crippen molar-refractivity contribution in [3.63, 3.8) is 0 Å². The number of amides is 2. The molecule has 1 atom stereocenters. The van der Waals surface area contributed by atoms with Crippen LogP contribution in [0.25, 0.3) is 0 Å². The van der Waals surface area contributed by atoms with Crippen molar-refractivity contribution in [1.82, 2.24) is 9.62 Å². The van der Waals surface area contributed by atoms with E-state index in [-0.39, 0.29) is 49.7 Å². The number of hydrogen-bond acceptors (Lipinski definition) is 7. The number of sulfonamides is 1. The fourth-order valence-corrected chi connectivity index (χ4v) is 6.71. The van der Waals surface area contributed by atoms with E-state index in [2.05, 4.69) is 0 Å². The summed E-state index contributed by atoms with van der Waals surface area (Å²) in [5, 5.41) is 0. The van der Waals surface area contributed by atoms with Crippen LogP contribution in [0.3, 0.4) is 0 Å². The van der Waals surface area contributed by atoms with E-state index in [1.807, 2.05) is 0 Å². The zero-order valence-electron chi connectivity index (χ0n) is 23.8. The molecule has 0 aromatic heterocycles. The number of nitrogens with one attached hydrogen (secondary N) is 1. The summed E-state index contributed by atoms with van der Waals surface area (Å²) in [7, 11) is -4.57. The summed E-state index contributed by atoms with van der Waals surface area (Å²) in [5.74, 6) is -3.72. The van der Waals surface area contributed by atoms with E-state index in [9.17, 15) is 49.1 Å². The Bertz CT molecular complexity index is 1480. The second-order valence-electron chi connectivity index (χ2n) is 11.2. The number of piperidine rings is 1. The second-order valence-corrected chi connectivity index (χ2v) is 12.9. The number of likely N-dealkylation sites (tertiary alicyclic amines) is 1. The Kier molecular flexibility index (Phi) is 9.87. The highest BCUT2D eigenvalue weighted by Gasteiger charge is 2.45. The van der Waals surface area contributed by atoms with Crippen LogP contribution in [0.1, 0.15) is 67.7 Å². The van der Waals surface area contributed by atoms with E-state index < -0.39 is 74.4 Å². The number of benzene rings is 2. The van der Waals surface area contributed by atoms with Crippen molar-refractivity contribution in [3.05, 3.63) is 65.2 Å². The number of halogens is 6. The zero-order valence-corrected chi connectivity index (χ0v) is 24.6. The topological polar surface area (TPSA) is 136 Å². The first-order chi connectivity index (χ1) is 20.9. The molecule has 2 fully saturated rings. The van der Waals surface area contributed by atoms with Crippen molar-refractivity contribution in [2.24, 2.45) is 11.7 Å². The summed E-state index contributed by atoms with van der Waals surface area (Å²) in [6.07, 6.45) is -7.96. The monoisotopic (exact) mass is 663 g/mol. The smallest absolute Gasteiger partial charge is 0.416 e. The molecule has 1 aliphatic carbocycles. The van der Waals surface area contributed by atoms with Crippen LogP contribution < -0.4 is 10.5 Å². The number of rotatable bonds is 8. The van der Waals surface area contributed by atoms with Crippen molar-refractivity contribution in [2.45, 2.75) is 73.8 Å². The quantitative estimate of drug-likeness (QED) is 0.309. The van der Waals surface area contributed by atoms with Crippen molar-refractivity contribution in [2.75, 3.05) is 13.1 Å². The Morgan fingerprint density at radius 1 is 0.889 bits per heavy atom. The van der Waals surface area contributed by atoms with Crippen LogP contribution in [0.4, 0.5) is 26.3 Å². The van der Waals surface area contributed by atoms with Crippen molar-refractivity contribution in [3.8, 4) is 0 Å². The number of hydrogen-bond donors (Lipinski definition) is 2. The molecule has 45 heavy (non-hydrogen) atoms. The average molecular weight is 664 g/mol. The number of carbonyl (C=O) groups excluding carboxylic acids is 3. The van der Waals surface area contributed by atoms with Gasteiger partial charge in [-0.15, -0.1) is 0 Å². The molecule has 1 saturated carbocycles. The first-order valence-electron chi connectivity index (χ1n) is 14.1. The lowest BCUT2D eigenvalue weighted by Gasteiger charge is -2.38. The van der Waals surface area contributed by atoms with Gasteiger partial charge in [0, 0.05) is 13.1 Å². The SMILES string of the molecule is NC(=O)C1(OC(=O)C2CCN(C(C(=O)NS(=O)(=O)c3ccccc3)c3cc(C(F)(F)F)cc(C(F)(F)F)c3)CC2)CCCCC1. The molecule has 1 unspecified atom stereocenters. The largest absolute Gasteiger partial charge is 0.449 e. The van der Waals surface area contributed by atoms with Crippen LogP contribution in [0.2, 0.25) is 0 Å². The fourth-order valence-electron chi connectivity index (χ4n) is 5.70. The molecular formula is C29H31F6N3O6S. The molecule has 2 aromatic rings. The minimum absolute atomic E-state index is 0.0476. The van der Waals surface area contributed by atoms with E-state index in [1.165, 1.54) is 23.1 Å². The number of nitrogens with zero attached hydrogens (tertiary/aromatic N) is 1. The minimum Gasteiger partial charge on any atom is -0.449 e. The third-order valence-electron chi connectivity index (χ3n) is 8.10. The summed E-state index contributed by atoms with van der Waals surface area (Å²) in [6, 6.07) is 5.25. The summed E-state index contributed by atoms with van der Waals surface area (Å²) >= 11 is 0. The molecule has 1 aliphatic heterocycles. The van der Waals surface area contributed by atoms with E-state index in [1.54, 1.807) is 4.72 Å². The Hall–Kier alpha value is -3.66. The van der Waals surface area contributed by atoms with Crippen molar-refractivity contribution < 1.29 is 53.9 Å². The number of alkyl halides is 6. The van der Waals surface area contributed by atoms with Gasteiger partial charge >= 0.3 is 18.3 Å². The number of carbonyl (C=O) groups is 3. The van der Waals surface area contributed by atoms with E-state index in [4.69, 9.17) is 10.5 Å². The van der Waals surface area contributed by atoms with E-state index in [0.29, 0.717) is 25.0 Å². The van der Waals surface area contributed by atoms with Gasteiger partial charge in [0.25, 0.3) is 21.8 Å². The predicted molar refractivity (Wildman–Crippen MR) is 146 cm³/mol. The molecular weight excluding hydrogens is 632 g/mol. The lowest BCUT2D eigenvalue weighted by Crippen LogP contribution is -2.51. The molecule has 0 radical (unpaired) electrons. The van der Waals surface area contributed by atoms with Crippen LogP contribution in [0, 0.1) is 5.92 Å². The maximum atomic E-state index is 13.7. The van der Waals surface area contributed by atoms with Gasteiger partial charge in [0.1, 0.15) is 6.04 Å². The third kappa shape index (κ3) is 7.95. The standard InChI is InChI=1S/C29H31F6N3O6S/c30-28(31,32)20-15-19(16-21(17-20)29(33,34)35)23(24(39)37-45(42,43)22-7-3-1-4-8-22)38-13-9-18(10-14-38)25(40)44-27(26(36)41)11-5-2-6-12-27/h1,3-4,7-8,15-18,23H,2,5-6,9-14H2,(H2,36,41)(H,37,39). The molecule has 0 bridgehead atoms. The highest BCUT2D eigenvalue weighted by atomic mass is 32.2. The Morgan fingerprint density at radius 2 is 1.42 bits per heavy atom. The highest BCUT2D eigenvalue weighted by Crippen LogP contribution is 2.40. The number of primary amides is 1. The number of nitrogens with two attached hydrogens (primary N) is 1. The average Bonchev–Trinajstić information content (AvgIpc) is 2.97. The molecule has 9 nitrogen and oxygen atoms in total. The van der Waals surface area contributed by atoms with Crippen LogP contribution in [0.5, 0.6) is 0 Å². The minimum atomic E-state index is -5.22. The van der Waals surface area contributed by atoms with Gasteiger partial charge in [-0.25, -0.2) is 13.1 Å². The maximum Gasteiger partial charge on any atom is 0.416 e. The normalized spacial score (nSPS) is 19.0. The molecule has 4 rings (SSSR count). The van der Waals surface area contributed by atoms with Gasteiger partial charge < -0.3 is 10.5 Å². The van der Waals surface area contributed by atoms with Crippen LogP contribution in [0.15, 0.2) is 53.4 Å². The Morgan fingerprint density at radius 3 is 1.91 bits per heavy atom.